The smallest absolute Gasteiger partial charge is 0.255 e. The first-order valence-corrected chi connectivity index (χ1v) is 15.9. The molecule has 14 nitrogen and oxygen atoms in total. The molecular weight excluding hydrogens is 608 g/mol. The van der Waals surface area contributed by atoms with E-state index in [-0.39, 0.29) is 52.3 Å². The molecule has 6 N–H and O–H groups in total. The van der Waals surface area contributed by atoms with Crippen LogP contribution in [0.15, 0.2) is 38.1 Å². The van der Waals surface area contributed by atoms with Crippen molar-refractivity contribution in [3.05, 3.63) is 56.9 Å². The summed E-state index contributed by atoms with van der Waals surface area (Å²) in [5.74, 6) is -7.77. The van der Waals surface area contributed by atoms with Gasteiger partial charge < -0.3 is 35.6 Å². The van der Waals surface area contributed by atoms with Crippen LogP contribution < -0.4 is 10.6 Å². The number of aliphatic hydroxyl groups excluding tert-OH is 2. The Morgan fingerprint density at radius 3 is 2.33 bits per heavy atom. The zero-order valence-corrected chi connectivity index (χ0v) is 26.5. The van der Waals surface area contributed by atoms with E-state index in [1.165, 1.54) is 18.7 Å². The lowest BCUT2D eigenvalue weighted by molar-refractivity contribution is -0.148. The highest BCUT2D eigenvalue weighted by Gasteiger charge is 2.63. The molecule has 0 radical (unpaired) electrons. The minimum absolute atomic E-state index is 0.0448. The Labute approximate surface area is 259 Å². The van der Waals surface area contributed by atoms with Crippen LogP contribution in [0.5, 0.6) is 5.75 Å². The molecular formula is C30H36N4O10S. The number of nitrogens with zero attached hydrogens (tertiary/aromatic N) is 3. The maximum atomic E-state index is 14.2. The van der Waals surface area contributed by atoms with Gasteiger partial charge in [0.2, 0.25) is 5.78 Å². The van der Waals surface area contributed by atoms with Gasteiger partial charge >= 0.3 is 0 Å². The fourth-order valence-corrected chi connectivity index (χ4v) is 8.86. The lowest BCUT2D eigenvalue weighted by Gasteiger charge is -2.50. The van der Waals surface area contributed by atoms with Crippen molar-refractivity contribution in [2.45, 2.75) is 49.6 Å². The maximum absolute atomic E-state index is 14.2. The number of amides is 1. The van der Waals surface area contributed by atoms with Crippen molar-refractivity contribution in [2.24, 2.45) is 17.6 Å². The Morgan fingerprint density at radius 2 is 1.80 bits per heavy atom. The van der Waals surface area contributed by atoms with E-state index in [1.807, 2.05) is 0 Å². The average molecular weight is 645 g/mol. The zero-order chi connectivity index (χ0) is 33.5. The van der Waals surface area contributed by atoms with Crippen LogP contribution in [0.1, 0.15) is 39.4 Å². The fourth-order valence-electron chi connectivity index (χ4n) is 7.21. The molecule has 1 aromatic heterocycles. The molecule has 3 aliphatic rings. The van der Waals surface area contributed by atoms with E-state index in [0.29, 0.717) is 11.3 Å². The fraction of sp³-hybridized carbons (Fsp3) is 0.467. The second kappa shape index (κ2) is 10.7. The number of rotatable bonds is 7. The molecule has 1 heterocycles. The van der Waals surface area contributed by atoms with Gasteiger partial charge in [0.1, 0.15) is 27.7 Å². The van der Waals surface area contributed by atoms with Crippen LogP contribution >= 0.6 is 0 Å². The van der Waals surface area contributed by atoms with Crippen molar-refractivity contribution in [1.29, 1.82) is 0 Å². The van der Waals surface area contributed by atoms with E-state index in [9.17, 15) is 43.2 Å². The van der Waals surface area contributed by atoms with Crippen LogP contribution in [0.3, 0.4) is 0 Å². The van der Waals surface area contributed by atoms with Gasteiger partial charge in [0.25, 0.3) is 5.91 Å². The summed E-state index contributed by atoms with van der Waals surface area (Å²) in [5, 5.41) is 49.4. The molecule has 0 bridgehead atoms. The van der Waals surface area contributed by atoms with Gasteiger partial charge in [-0.05, 0) is 70.3 Å². The molecule has 4 atom stereocenters. The number of aromatic hydroxyl groups is 1. The highest BCUT2D eigenvalue weighted by molar-refractivity contribution is 7.91. The van der Waals surface area contributed by atoms with Crippen molar-refractivity contribution >= 4 is 33.0 Å². The summed E-state index contributed by atoms with van der Waals surface area (Å²) in [7, 11) is 2.66. The molecule has 2 aromatic rings. The van der Waals surface area contributed by atoms with E-state index < -0.39 is 79.4 Å². The average Bonchev–Trinajstić information content (AvgIpc) is 3.28. The summed E-state index contributed by atoms with van der Waals surface area (Å²) in [6, 6.07) is 0.512. The Morgan fingerprint density at radius 1 is 1.16 bits per heavy atom. The van der Waals surface area contributed by atoms with E-state index in [2.05, 4.69) is 5.16 Å². The number of carbonyl (C=O) groups excluding carboxylic acids is 3. The third-order valence-corrected chi connectivity index (χ3v) is 11.1. The molecule has 0 spiro atoms. The van der Waals surface area contributed by atoms with Crippen molar-refractivity contribution in [3.63, 3.8) is 0 Å². The van der Waals surface area contributed by atoms with Gasteiger partial charge in [0.15, 0.2) is 27.0 Å². The first-order valence-electron chi connectivity index (χ1n) is 14.2. The summed E-state index contributed by atoms with van der Waals surface area (Å²) in [6.45, 7) is 2.98. The molecule has 1 amide bonds. The second-order valence-electron chi connectivity index (χ2n) is 12.3. The SMILES string of the molecule is Cc1noc(C)c1S(=O)(=O)CCc1cc(N(C)C)c2c(c1O)C(=O)C1=C(O)[C@]3(O)C(=O)C(C(N)=O)=C(O)[C@@H](N(C)C)[C@@H]3C[C@@H]1C2. The van der Waals surface area contributed by atoms with Gasteiger partial charge in [-0.25, -0.2) is 8.42 Å². The van der Waals surface area contributed by atoms with Gasteiger partial charge in [-0.15, -0.1) is 0 Å². The highest BCUT2D eigenvalue weighted by atomic mass is 32.2. The Hall–Kier alpha value is -4.21. The number of likely N-dealkylation sites (N-methyl/N-ethyl adjacent to an activating group) is 1. The zero-order valence-electron chi connectivity index (χ0n) is 25.7. The van der Waals surface area contributed by atoms with Crippen LogP contribution in [0.4, 0.5) is 5.69 Å². The van der Waals surface area contributed by atoms with Crippen LogP contribution in [0, 0.1) is 25.7 Å². The lowest BCUT2D eigenvalue weighted by Crippen LogP contribution is -2.63. The molecule has 3 aliphatic carbocycles. The van der Waals surface area contributed by atoms with Gasteiger partial charge in [0, 0.05) is 31.3 Å². The number of aromatic nitrogens is 1. The van der Waals surface area contributed by atoms with Crippen molar-refractivity contribution in [3.8, 4) is 5.75 Å². The molecule has 0 aliphatic heterocycles. The third kappa shape index (κ3) is 4.63. The first kappa shape index (κ1) is 32.2. The highest BCUT2D eigenvalue weighted by Crippen LogP contribution is 2.53. The number of phenols is 1. The number of nitrogens with two attached hydrogens (primary N) is 1. The minimum atomic E-state index is -3.90. The standard InChI is InChI=1S/C30H36N4O10S/c1-12-26(13(2)44-32-12)45(42,43)8-7-14-11-18(33(3)4)16-9-15-10-17-22(34(5)6)25(37)21(29(31)40)28(39)30(17,41)27(38)19(15)24(36)20(16)23(14)35/h11,15,17,22,35,37-38,41H,7-10H2,1-6H3,(H2,31,40)/t15-,17-,22-,30-/m0/s1. The predicted molar refractivity (Wildman–Crippen MR) is 160 cm³/mol. The first-order chi connectivity index (χ1) is 20.9. The molecule has 242 valence electrons. The number of fused-ring (bicyclic) bond motifs is 3. The number of anilines is 1. The molecule has 0 unspecified atom stereocenters. The largest absolute Gasteiger partial charge is 0.510 e. The van der Waals surface area contributed by atoms with Crippen LogP contribution in [0.2, 0.25) is 0 Å². The Balaban J connectivity index is 1.64. The number of allylic oxidation sites excluding steroid dienone is 1. The predicted octanol–water partition coefficient (Wildman–Crippen LogP) is 0.808. The molecule has 1 aromatic carbocycles. The number of hydrogen-bond acceptors (Lipinski definition) is 13. The Kier molecular flexibility index (Phi) is 7.66. The van der Waals surface area contributed by atoms with Crippen LogP contribution in [-0.2, 0) is 32.3 Å². The summed E-state index contributed by atoms with van der Waals surface area (Å²) >= 11 is 0. The van der Waals surface area contributed by atoms with Crippen LogP contribution in [0.25, 0.3) is 0 Å². The number of ketones is 2. The van der Waals surface area contributed by atoms with Gasteiger partial charge in [-0.3, -0.25) is 19.3 Å². The normalized spacial score (nSPS) is 24.9. The maximum Gasteiger partial charge on any atom is 0.255 e. The second-order valence-corrected chi connectivity index (χ2v) is 14.4. The molecule has 0 saturated carbocycles. The van der Waals surface area contributed by atoms with Gasteiger partial charge in [-0.2, -0.15) is 0 Å². The molecule has 15 heteroatoms. The number of aryl methyl sites for hydroxylation is 3. The number of phenolic OH excluding ortho intramolecular Hbond substituents is 1. The Bertz CT molecular complexity index is 1820. The van der Waals surface area contributed by atoms with Crippen molar-refractivity contribution < 1.29 is 47.8 Å². The lowest BCUT2D eigenvalue weighted by atomic mass is 9.58. The molecule has 0 fully saturated rings. The number of benzene rings is 1. The minimum Gasteiger partial charge on any atom is -0.510 e. The van der Waals surface area contributed by atoms with Crippen LogP contribution in [-0.4, -0.2) is 102 Å². The number of sulfone groups is 1. The van der Waals surface area contributed by atoms with Gasteiger partial charge in [-0.1, -0.05) is 5.16 Å². The van der Waals surface area contributed by atoms with E-state index >= 15 is 0 Å². The number of Topliss-reactive ketones (excluding diaryl/α,β-unsaturated/α-hetero) is 2. The van der Waals surface area contributed by atoms with E-state index in [1.54, 1.807) is 39.2 Å². The molecule has 45 heavy (non-hydrogen) atoms. The van der Waals surface area contributed by atoms with E-state index in [0.717, 1.165) is 0 Å². The quantitative estimate of drug-likeness (QED) is 0.263. The third-order valence-electron chi connectivity index (χ3n) is 9.18. The number of aliphatic hydroxyl groups is 3. The van der Waals surface area contributed by atoms with Crippen molar-refractivity contribution in [2.75, 3.05) is 38.8 Å². The number of hydrogen-bond donors (Lipinski definition) is 5. The number of primary amides is 1. The van der Waals surface area contributed by atoms with E-state index in [4.69, 9.17) is 10.3 Å². The summed E-state index contributed by atoms with van der Waals surface area (Å²) in [5.41, 5.74) is 2.57. The monoisotopic (exact) mass is 644 g/mol. The molecule has 0 saturated heterocycles. The summed E-state index contributed by atoms with van der Waals surface area (Å²) < 4.78 is 31.4. The van der Waals surface area contributed by atoms with Gasteiger partial charge in [0.05, 0.1) is 23.1 Å². The van der Waals surface area contributed by atoms with Crippen molar-refractivity contribution in [1.82, 2.24) is 10.1 Å². The summed E-state index contributed by atoms with van der Waals surface area (Å²) in [4.78, 5) is 43.1. The molecule has 5 rings (SSSR count). The topological polar surface area (TPSA) is 225 Å². The summed E-state index contributed by atoms with van der Waals surface area (Å²) in [6.07, 6.45) is -0.126. The number of carbonyl (C=O) groups is 3.